The minimum atomic E-state index is -2.24. The van der Waals surface area contributed by atoms with E-state index in [2.05, 4.69) is 0 Å². The smallest absolute Gasteiger partial charge is 0.220 e. The SMILES string of the molecule is COC(OC)C(=O)[C@@]1(O)[C@H](C)C[C@H]2[C@@H]3CC(F)=C4CC(=O)C=C[C@]4(C)[C@@]3(F)[C@@H](O)C[C@@]21C. The van der Waals surface area contributed by atoms with Crippen LogP contribution in [-0.4, -0.2) is 59.7 Å². The van der Waals surface area contributed by atoms with Crippen molar-refractivity contribution in [2.75, 3.05) is 14.2 Å². The molecule has 2 fully saturated rings. The van der Waals surface area contributed by atoms with Crippen molar-refractivity contribution in [2.45, 2.75) is 70.1 Å². The Balaban J connectivity index is 1.85. The average Bonchev–Trinajstić information content (AvgIpc) is 2.94. The lowest BCUT2D eigenvalue weighted by atomic mass is 9.45. The Hall–Kier alpha value is -1.48. The van der Waals surface area contributed by atoms with Gasteiger partial charge in [-0.05, 0) is 43.3 Å². The summed E-state index contributed by atoms with van der Waals surface area (Å²) in [6.07, 6.45) is -0.650. The fourth-order valence-corrected chi connectivity index (χ4v) is 7.53. The fourth-order valence-electron chi connectivity index (χ4n) is 7.53. The summed E-state index contributed by atoms with van der Waals surface area (Å²) >= 11 is 0. The molecule has 0 aromatic carbocycles. The van der Waals surface area contributed by atoms with Crippen LogP contribution in [0.1, 0.15) is 46.5 Å². The summed E-state index contributed by atoms with van der Waals surface area (Å²) in [6, 6.07) is 0. The van der Waals surface area contributed by atoms with Crippen LogP contribution in [0.4, 0.5) is 8.78 Å². The fraction of sp³-hybridized carbons (Fsp3) is 0.750. The lowest BCUT2D eigenvalue weighted by Gasteiger charge is -2.62. The van der Waals surface area contributed by atoms with Gasteiger partial charge in [0.15, 0.2) is 11.5 Å². The van der Waals surface area contributed by atoms with E-state index in [0.717, 1.165) is 0 Å². The minimum absolute atomic E-state index is 0.0858. The van der Waals surface area contributed by atoms with E-state index in [0.29, 0.717) is 0 Å². The van der Waals surface area contributed by atoms with Crippen LogP contribution in [0.5, 0.6) is 0 Å². The van der Waals surface area contributed by atoms with Gasteiger partial charge in [0, 0.05) is 43.8 Å². The lowest BCUT2D eigenvalue weighted by molar-refractivity contribution is -0.226. The molecule has 0 aromatic rings. The van der Waals surface area contributed by atoms with E-state index < -0.39 is 63.9 Å². The van der Waals surface area contributed by atoms with Gasteiger partial charge in [-0.2, -0.15) is 0 Å². The lowest BCUT2D eigenvalue weighted by Crippen LogP contribution is -2.69. The molecule has 2 N–H and O–H groups in total. The number of carbonyl (C=O) groups excluding carboxylic acids is 2. The molecule has 0 radical (unpaired) electrons. The number of aliphatic hydroxyl groups is 2. The molecule has 8 atom stereocenters. The maximum absolute atomic E-state index is 17.1. The van der Waals surface area contributed by atoms with Gasteiger partial charge in [-0.25, -0.2) is 8.78 Å². The van der Waals surface area contributed by atoms with Gasteiger partial charge in [-0.1, -0.05) is 19.9 Å². The number of rotatable bonds is 4. The second-order valence-electron chi connectivity index (χ2n) is 10.5. The molecule has 8 heteroatoms. The summed E-state index contributed by atoms with van der Waals surface area (Å²) in [5.41, 5.74) is -6.81. The molecule has 2 saturated carbocycles. The Labute approximate surface area is 186 Å². The highest BCUT2D eigenvalue weighted by atomic mass is 19.1. The number of aliphatic hydroxyl groups excluding tert-OH is 1. The van der Waals surface area contributed by atoms with Crippen molar-refractivity contribution < 1.29 is 38.1 Å². The van der Waals surface area contributed by atoms with Gasteiger partial charge in [0.2, 0.25) is 12.1 Å². The van der Waals surface area contributed by atoms with Gasteiger partial charge in [0.05, 0.1) is 6.10 Å². The van der Waals surface area contributed by atoms with Gasteiger partial charge in [-0.15, -0.1) is 0 Å². The number of hydrogen-bond acceptors (Lipinski definition) is 6. The minimum Gasteiger partial charge on any atom is -0.390 e. The van der Waals surface area contributed by atoms with Crippen LogP contribution in [0.15, 0.2) is 23.6 Å². The van der Waals surface area contributed by atoms with Crippen LogP contribution in [0.2, 0.25) is 0 Å². The molecule has 0 bridgehead atoms. The van der Waals surface area contributed by atoms with Crippen molar-refractivity contribution in [2.24, 2.45) is 28.6 Å². The highest BCUT2D eigenvalue weighted by Gasteiger charge is 2.76. The Morgan fingerprint density at radius 3 is 2.47 bits per heavy atom. The molecular weight excluding hydrogens is 422 g/mol. The summed E-state index contributed by atoms with van der Waals surface area (Å²) in [5, 5.41) is 23.1. The highest BCUT2D eigenvalue weighted by Crippen LogP contribution is 2.71. The van der Waals surface area contributed by atoms with Gasteiger partial charge in [0.1, 0.15) is 11.4 Å². The Morgan fingerprint density at radius 2 is 1.88 bits per heavy atom. The van der Waals surface area contributed by atoms with Crippen molar-refractivity contribution in [1.82, 2.24) is 0 Å². The third-order valence-electron chi connectivity index (χ3n) is 9.26. The van der Waals surface area contributed by atoms with Crippen molar-refractivity contribution in [3.8, 4) is 0 Å². The Kier molecular flexibility index (Phi) is 5.37. The zero-order valence-corrected chi connectivity index (χ0v) is 19.2. The summed E-state index contributed by atoms with van der Waals surface area (Å²) in [5.74, 6) is -3.66. The molecule has 0 aromatic heterocycles. The van der Waals surface area contributed by atoms with Crippen molar-refractivity contribution >= 4 is 11.6 Å². The maximum atomic E-state index is 17.1. The number of carbonyl (C=O) groups is 2. The molecule has 178 valence electrons. The van der Waals surface area contributed by atoms with Crippen molar-refractivity contribution in [1.29, 1.82) is 0 Å². The normalized spacial score (nSPS) is 48.0. The van der Waals surface area contributed by atoms with Crippen LogP contribution in [-0.2, 0) is 19.1 Å². The first kappa shape index (κ1) is 23.7. The van der Waals surface area contributed by atoms with Gasteiger partial charge in [-0.3, -0.25) is 9.59 Å². The molecule has 6 nitrogen and oxygen atoms in total. The second-order valence-corrected chi connectivity index (χ2v) is 10.5. The van der Waals surface area contributed by atoms with E-state index in [4.69, 9.17) is 9.47 Å². The molecule has 0 saturated heterocycles. The molecule has 0 unspecified atom stereocenters. The van der Waals surface area contributed by atoms with E-state index in [1.54, 1.807) is 13.8 Å². The number of halogens is 2. The highest BCUT2D eigenvalue weighted by molar-refractivity contribution is 5.94. The molecule has 4 rings (SSSR count). The Bertz CT molecular complexity index is 912. The van der Waals surface area contributed by atoms with E-state index in [9.17, 15) is 19.8 Å². The summed E-state index contributed by atoms with van der Waals surface area (Å²) < 4.78 is 42.6. The molecule has 0 spiro atoms. The number of ether oxygens (including phenoxy) is 2. The van der Waals surface area contributed by atoms with E-state index >= 15 is 8.78 Å². The van der Waals surface area contributed by atoms with Gasteiger partial charge in [0.25, 0.3) is 0 Å². The third-order valence-corrected chi connectivity index (χ3v) is 9.26. The number of Topliss-reactive ketones (excluding diaryl/α,β-unsaturated/α-hetero) is 1. The molecule has 4 aliphatic carbocycles. The van der Waals surface area contributed by atoms with Crippen LogP contribution in [0.3, 0.4) is 0 Å². The maximum Gasteiger partial charge on any atom is 0.220 e. The van der Waals surface area contributed by atoms with Gasteiger partial charge >= 0.3 is 0 Å². The number of hydrogen-bond donors (Lipinski definition) is 2. The van der Waals surface area contributed by atoms with Crippen LogP contribution >= 0.6 is 0 Å². The predicted octanol–water partition coefficient (Wildman–Crippen LogP) is 2.82. The number of methoxy groups -OCH3 is 2. The number of allylic oxidation sites excluding steroid dienone is 4. The molecule has 0 amide bonds. The third kappa shape index (κ3) is 2.58. The zero-order chi connectivity index (χ0) is 23.9. The monoisotopic (exact) mass is 454 g/mol. The summed E-state index contributed by atoms with van der Waals surface area (Å²) in [7, 11) is 2.58. The van der Waals surface area contributed by atoms with Crippen LogP contribution < -0.4 is 0 Å². The van der Waals surface area contributed by atoms with Gasteiger partial charge < -0.3 is 19.7 Å². The first-order valence-electron chi connectivity index (χ1n) is 11.1. The largest absolute Gasteiger partial charge is 0.390 e. The van der Waals surface area contributed by atoms with Crippen molar-refractivity contribution in [3.05, 3.63) is 23.6 Å². The first-order valence-corrected chi connectivity index (χ1v) is 11.1. The van der Waals surface area contributed by atoms with Crippen molar-refractivity contribution in [3.63, 3.8) is 0 Å². The molecule has 0 heterocycles. The summed E-state index contributed by atoms with van der Waals surface area (Å²) in [4.78, 5) is 25.3. The molecular formula is C24H32F2O6. The topological polar surface area (TPSA) is 93.1 Å². The standard InChI is InChI=1S/C24H32F2O6/c1-12-8-14-15-10-17(25)16-9-13(27)6-7-21(16,2)23(15,26)18(28)11-22(14,3)24(12,30)19(29)20(31-4)32-5/h6-7,12,14-15,18,20,28,30H,8-11H2,1-5H3/t12-,14+,15+,18+,21+,22+,23+,24+/m1/s1. The van der Waals surface area contributed by atoms with E-state index in [1.165, 1.54) is 33.3 Å². The zero-order valence-electron chi connectivity index (χ0n) is 19.2. The number of alkyl halides is 1. The number of fused-ring (bicyclic) bond motifs is 5. The average molecular weight is 455 g/mol. The van der Waals surface area contributed by atoms with Crippen LogP contribution in [0, 0.1) is 28.6 Å². The molecule has 32 heavy (non-hydrogen) atoms. The molecule has 4 aliphatic rings. The predicted molar refractivity (Wildman–Crippen MR) is 111 cm³/mol. The van der Waals surface area contributed by atoms with E-state index in [1.807, 2.05) is 0 Å². The van der Waals surface area contributed by atoms with E-state index in [-0.39, 0.29) is 37.0 Å². The second kappa shape index (κ2) is 7.26. The quantitative estimate of drug-likeness (QED) is 0.635. The molecule has 0 aliphatic heterocycles. The first-order chi connectivity index (χ1) is 14.8. The van der Waals surface area contributed by atoms with Crippen LogP contribution in [0.25, 0.3) is 0 Å². The summed E-state index contributed by atoms with van der Waals surface area (Å²) in [6.45, 7) is 4.91. The number of ketones is 2. The Morgan fingerprint density at radius 1 is 1.25 bits per heavy atom.